The Morgan fingerprint density at radius 2 is 2.10 bits per heavy atom. The summed E-state index contributed by atoms with van der Waals surface area (Å²) in [6.07, 6.45) is 1.88. The van der Waals surface area contributed by atoms with E-state index in [1.807, 2.05) is 27.0 Å². The molecule has 0 unspecified atom stereocenters. The maximum atomic E-state index is 9.60. The standard InChI is InChI=1S/C10H11N3.C5H10O2/c1-2-10-8(6-12-13-10)3-7(1)9-4-11-5-9;1-5(2,3)7-4-6/h1-3,6,9,11H,4-5H2,(H,12,13);4H,1-3H3. The van der Waals surface area contributed by atoms with Crippen LogP contribution in [0, 0.1) is 0 Å². The van der Waals surface area contributed by atoms with Gasteiger partial charge in [-0.3, -0.25) is 9.89 Å². The van der Waals surface area contributed by atoms with Crippen molar-refractivity contribution in [1.82, 2.24) is 15.5 Å². The van der Waals surface area contributed by atoms with Gasteiger partial charge in [0.15, 0.2) is 0 Å². The third-order valence-corrected chi connectivity index (χ3v) is 3.12. The highest BCUT2D eigenvalue weighted by Crippen LogP contribution is 2.22. The Morgan fingerprint density at radius 3 is 2.60 bits per heavy atom. The van der Waals surface area contributed by atoms with Crippen LogP contribution >= 0.6 is 0 Å². The summed E-state index contributed by atoms with van der Waals surface area (Å²) in [7, 11) is 0. The number of benzene rings is 1. The Balaban J connectivity index is 0.000000182. The molecule has 108 valence electrons. The normalized spacial score (nSPS) is 15.2. The van der Waals surface area contributed by atoms with Gasteiger partial charge in [-0.25, -0.2) is 0 Å². The summed E-state index contributed by atoms with van der Waals surface area (Å²) in [6.45, 7) is 8.15. The number of nitrogens with zero attached hydrogens (tertiary/aromatic N) is 1. The highest BCUT2D eigenvalue weighted by molar-refractivity contribution is 5.78. The lowest BCUT2D eigenvalue weighted by atomic mass is 9.93. The van der Waals surface area contributed by atoms with Crippen molar-refractivity contribution >= 4 is 17.4 Å². The lowest BCUT2D eigenvalue weighted by molar-refractivity contribution is -0.138. The average molecular weight is 275 g/mol. The van der Waals surface area contributed by atoms with Gasteiger partial charge in [0.1, 0.15) is 5.60 Å². The minimum atomic E-state index is -0.318. The summed E-state index contributed by atoms with van der Waals surface area (Å²) in [5, 5.41) is 11.5. The van der Waals surface area contributed by atoms with Crippen molar-refractivity contribution in [3.05, 3.63) is 30.0 Å². The van der Waals surface area contributed by atoms with Gasteiger partial charge in [-0.15, -0.1) is 0 Å². The molecule has 1 aromatic carbocycles. The number of carbonyl (C=O) groups is 1. The fourth-order valence-corrected chi connectivity index (χ4v) is 1.88. The Labute approximate surface area is 118 Å². The number of carbonyl (C=O) groups excluding carboxylic acids is 1. The van der Waals surface area contributed by atoms with E-state index >= 15 is 0 Å². The van der Waals surface area contributed by atoms with E-state index in [0.717, 1.165) is 18.6 Å². The molecule has 5 heteroatoms. The molecule has 0 bridgehead atoms. The molecule has 3 rings (SSSR count). The Bertz CT molecular complexity index is 568. The van der Waals surface area contributed by atoms with Crippen LogP contribution in [0.4, 0.5) is 0 Å². The van der Waals surface area contributed by atoms with Gasteiger partial charge in [0.2, 0.25) is 0 Å². The summed E-state index contributed by atoms with van der Waals surface area (Å²) >= 11 is 0. The van der Waals surface area contributed by atoms with Gasteiger partial charge < -0.3 is 10.1 Å². The molecular formula is C15H21N3O2. The number of aromatic nitrogens is 2. The molecule has 1 saturated heterocycles. The zero-order chi connectivity index (χ0) is 14.6. The summed E-state index contributed by atoms with van der Waals surface area (Å²) in [4.78, 5) is 9.60. The molecule has 2 N–H and O–H groups in total. The second kappa shape index (κ2) is 6.05. The maximum Gasteiger partial charge on any atom is 0.293 e. The molecule has 5 nitrogen and oxygen atoms in total. The van der Waals surface area contributed by atoms with E-state index in [-0.39, 0.29) is 5.60 Å². The van der Waals surface area contributed by atoms with E-state index in [1.54, 1.807) is 0 Å². The third kappa shape index (κ3) is 3.81. The molecule has 0 amide bonds. The number of hydrogen-bond donors (Lipinski definition) is 2. The Hall–Kier alpha value is -1.88. The van der Waals surface area contributed by atoms with Crippen LogP contribution in [0.5, 0.6) is 0 Å². The molecule has 0 spiro atoms. The first-order valence-electron chi connectivity index (χ1n) is 6.75. The number of hydrogen-bond acceptors (Lipinski definition) is 4. The van der Waals surface area contributed by atoms with Crippen LogP contribution in [0.15, 0.2) is 24.4 Å². The van der Waals surface area contributed by atoms with Crippen molar-refractivity contribution < 1.29 is 9.53 Å². The van der Waals surface area contributed by atoms with Crippen LogP contribution in [0.1, 0.15) is 32.3 Å². The quantitative estimate of drug-likeness (QED) is 0.825. The Kier molecular flexibility index (Phi) is 4.39. The van der Waals surface area contributed by atoms with Crippen LogP contribution in [0.2, 0.25) is 0 Å². The Morgan fingerprint density at radius 1 is 1.35 bits per heavy atom. The molecule has 2 aromatic rings. The molecule has 1 aliphatic rings. The first-order chi connectivity index (χ1) is 9.49. The van der Waals surface area contributed by atoms with Crippen molar-refractivity contribution in [3.8, 4) is 0 Å². The second-order valence-electron chi connectivity index (χ2n) is 5.90. The molecule has 0 saturated carbocycles. The molecule has 1 fully saturated rings. The molecule has 2 heterocycles. The zero-order valence-corrected chi connectivity index (χ0v) is 12.1. The fraction of sp³-hybridized carbons (Fsp3) is 0.467. The zero-order valence-electron chi connectivity index (χ0n) is 12.1. The number of ether oxygens (including phenoxy) is 1. The fourth-order valence-electron chi connectivity index (χ4n) is 1.88. The number of H-pyrrole nitrogens is 1. The van der Waals surface area contributed by atoms with Gasteiger partial charge in [-0.05, 0) is 38.5 Å². The van der Waals surface area contributed by atoms with Crippen molar-refractivity contribution in [2.24, 2.45) is 0 Å². The van der Waals surface area contributed by atoms with Crippen LogP contribution in [0.25, 0.3) is 10.9 Å². The van der Waals surface area contributed by atoms with Crippen LogP contribution in [-0.4, -0.2) is 35.4 Å². The van der Waals surface area contributed by atoms with Gasteiger partial charge >= 0.3 is 0 Å². The number of fused-ring (bicyclic) bond motifs is 1. The van der Waals surface area contributed by atoms with Gasteiger partial charge in [-0.2, -0.15) is 5.10 Å². The summed E-state index contributed by atoms with van der Waals surface area (Å²) < 4.78 is 4.55. The van der Waals surface area contributed by atoms with E-state index in [9.17, 15) is 4.79 Å². The largest absolute Gasteiger partial charge is 0.462 e. The lowest BCUT2D eigenvalue weighted by Gasteiger charge is -2.27. The van der Waals surface area contributed by atoms with Crippen molar-refractivity contribution in [2.75, 3.05) is 13.1 Å². The van der Waals surface area contributed by atoms with Crippen LogP contribution in [0.3, 0.4) is 0 Å². The molecule has 20 heavy (non-hydrogen) atoms. The molecule has 1 aliphatic heterocycles. The lowest BCUT2D eigenvalue weighted by Crippen LogP contribution is -2.39. The number of aromatic amines is 1. The smallest absolute Gasteiger partial charge is 0.293 e. The van der Waals surface area contributed by atoms with Gasteiger partial charge in [0.25, 0.3) is 6.47 Å². The third-order valence-electron chi connectivity index (χ3n) is 3.12. The van der Waals surface area contributed by atoms with E-state index in [0.29, 0.717) is 12.4 Å². The first-order valence-corrected chi connectivity index (χ1v) is 6.75. The number of nitrogens with one attached hydrogen (secondary N) is 2. The summed E-state index contributed by atoms with van der Waals surface area (Å²) in [6, 6.07) is 6.52. The molecule has 0 aliphatic carbocycles. The van der Waals surface area contributed by atoms with Gasteiger partial charge in [0.05, 0.1) is 11.7 Å². The van der Waals surface area contributed by atoms with Crippen molar-refractivity contribution in [3.63, 3.8) is 0 Å². The minimum absolute atomic E-state index is 0.318. The SMILES string of the molecule is CC(C)(C)OC=O.c1cc2[nH]ncc2cc1C1CNC1. The predicted octanol–water partition coefficient (Wildman–Crippen LogP) is 2.21. The second-order valence-corrected chi connectivity index (χ2v) is 5.90. The first kappa shape index (κ1) is 14.5. The van der Waals surface area contributed by atoms with Crippen molar-refractivity contribution in [1.29, 1.82) is 0 Å². The molecule has 1 aromatic heterocycles. The predicted molar refractivity (Wildman–Crippen MR) is 78.6 cm³/mol. The van der Waals surface area contributed by atoms with E-state index in [1.165, 1.54) is 10.9 Å². The van der Waals surface area contributed by atoms with E-state index in [2.05, 4.69) is 38.5 Å². The van der Waals surface area contributed by atoms with E-state index < -0.39 is 0 Å². The summed E-state index contributed by atoms with van der Waals surface area (Å²) in [5.41, 5.74) is 2.23. The minimum Gasteiger partial charge on any atom is -0.462 e. The molecule has 0 atom stereocenters. The van der Waals surface area contributed by atoms with Gasteiger partial charge in [0, 0.05) is 24.4 Å². The average Bonchev–Trinajstić information content (AvgIpc) is 2.73. The maximum absolute atomic E-state index is 9.60. The monoisotopic (exact) mass is 275 g/mol. The molecular weight excluding hydrogens is 254 g/mol. The van der Waals surface area contributed by atoms with Gasteiger partial charge in [-0.1, -0.05) is 6.07 Å². The topological polar surface area (TPSA) is 67.0 Å². The van der Waals surface area contributed by atoms with Crippen LogP contribution in [-0.2, 0) is 9.53 Å². The molecule has 0 radical (unpaired) electrons. The van der Waals surface area contributed by atoms with Crippen molar-refractivity contribution in [2.45, 2.75) is 32.3 Å². The van der Waals surface area contributed by atoms with Crippen LogP contribution < -0.4 is 5.32 Å². The number of rotatable bonds is 2. The highest BCUT2D eigenvalue weighted by Gasteiger charge is 2.18. The highest BCUT2D eigenvalue weighted by atomic mass is 16.5. The van der Waals surface area contributed by atoms with E-state index in [4.69, 9.17) is 0 Å². The summed E-state index contributed by atoms with van der Waals surface area (Å²) in [5.74, 6) is 0.708.